The first-order chi connectivity index (χ1) is 12.4. The highest BCUT2D eigenvalue weighted by Crippen LogP contribution is 2.36. The molecule has 0 heterocycles. The molecule has 0 radical (unpaired) electrons. The van der Waals surface area contributed by atoms with Crippen LogP contribution in [0, 0.1) is 0 Å². The molecule has 0 aliphatic rings. The van der Waals surface area contributed by atoms with Gasteiger partial charge >= 0.3 is 11.9 Å². The van der Waals surface area contributed by atoms with Crippen LogP contribution in [0.5, 0.6) is 5.75 Å². The summed E-state index contributed by atoms with van der Waals surface area (Å²) in [5.41, 5.74) is 6.84. The van der Waals surface area contributed by atoms with Crippen LogP contribution >= 0.6 is 11.9 Å². The SMILES string of the molecule is Nc1ccc(O)c2cccc(NSc3cc(C(=O)O)cc(C(=O)O)c3)c12. The van der Waals surface area contributed by atoms with Crippen molar-refractivity contribution >= 4 is 46.0 Å². The van der Waals surface area contributed by atoms with Crippen LogP contribution in [-0.2, 0) is 0 Å². The average molecular weight is 370 g/mol. The zero-order valence-corrected chi connectivity index (χ0v) is 14.1. The van der Waals surface area contributed by atoms with E-state index in [-0.39, 0.29) is 16.9 Å². The van der Waals surface area contributed by atoms with E-state index in [1.165, 1.54) is 18.2 Å². The van der Waals surface area contributed by atoms with Gasteiger partial charge in [-0.3, -0.25) is 0 Å². The lowest BCUT2D eigenvalue weighted by Crippen LogP contribution is -2.03. The number of aromatic hydroxyl groups is 1. The van der Waals surface area contributed by atoms with Crippen LogP contribution in [0.1, 0.15) is 20.7 Å². The predicted molar refractivity (Wildman–Crippen MR) is 99.9 cm³/mol. The summed E-state index contributed by atoms with van der Waals surface area (Å²) in [6.45, 7) is 0. The second-order valence-corrected chi connectivity index (χ2v) is 6.34. The molecule has 0 saturated heterocycles. The molecular formula is C18H14N2O5S. The van der Waals surface area contributed by atoms with E-state index in [1.807, 2.05) is 0 Å². The number of anilines is 2. The second-order valence-electron chi connectivity index (χ2n) is 5.46. The molecule has 0 bridgehead atoms. The van der Waals surface area contributed by atoms with Gasteiger partial charge in [0.05, 0.1) is 16.8 Å². The van der Waals surface area contributed by atoms with Gasteiger partial charge in [-0.1, -0.05) is 12.1 Å². The maximum Gasteiger partial charge on any atom is 0.335 e. The smallest absolute Gasteiger partial charge is 0.335 e. The highest BCUT2D eigenvalue weighted by atomic mass is 32.2. The number of hydrogen-bond donors (Lipinski definition) is 5. The topological polar surface area (TPSA) is 133 Å². The molecule has 26 heavy (non-hydrogen) atoms. The number of nitrogen functional groups attached to an aromatic ring is 1. The molecule has 0 spiro atoms. The van der Waals surface area contributed by atoms with E-state index >= 15 is 0 Å². The van der Waals surface area contributed by atoms with E-state index in [4.69, 9.17) is 15.9 Å². The fourth-order valence-corrected chi connectivity index (χ4v) is 3.29. The molecule has 3 aromatic carbocycles. The number of carboxylic acid groups (broad SMARTS) is 2. The van der Waals surface area contributed by atoms with Crippen LogP contribution in [0.2, 0.25) is 0 Å². The molecule has 132 valence electrons. The Hall–Kier alpha value is -3.39. The van der Waals surface area contributed by atoms with Crippen LogP contribution in [0.4, 0.5) is 11.4 Å². The Morgan fingerprint density at radius 3 is 2.23 bits per heavy atom. The summed E-state index contributed by atoms with van der Waals surface area (Å²) in [4.78, 5) is 22.8. The first-order valence-corrected chi connectivity index (χ1v) is 8.23. The molecule has 3 aromatic rings. The third kappa shape index (κ3) is 3.35. The molecule has 6 N–H and O–H groups in total. The number of rotatable bonds is 5. The van der Waals surface area contributed by atoms with E-state index in [0.717, 1.165) is 18.0 Å². The summed E-state index contributed by atoms with van der Waals surface area (Å²) >= 11 is 1.05. The predicted octanol–water partition coefficient (Wildman–Crippen LogP) is 3.64. The minimum Gasteiger partial charge on any atom is -0.507 e. The van der Waals surface area contributed by atoms with E-state index in [2.05, 4.69) is 4.72 Å². The molecule has 0 atom stereocenters. The molecule has 0 saturated carbocycles. The van der Waals surface area contributed by atoms with Gasteiger partial charge in [0, 0.05) is 21.4 Å². The van der Waals surface area contributed by atoms with E-state index in [1.54, 1.807) is 24.3 Å². The molecule has 0 unspecified atom stereocenters. The van der Waals surface area contributed by atoms with Gasteiger partial charge in [0.1, 0.15) is 5.75 Å². The van der Waals surface area contributed by atoms with Gasteiger partial charge in [0.15, 0.2) is 0 Å². The van der Waals surface area contributed by atoms with Gasteiger partial charge in [-0.05, 0) is 48.3 Å². The fourth-order valence-electron chi connectivity index (χ4n) is 2.52. The number of aromatic carboxylic acids is 2. The maximum atomic E-state index is 11.2. The lowest BCUT2D eigenvalue weighted by atomic mass is 10.1. The van der Waals surface area contributed by atoms with Crippen LogP contribution in [-0.4, -0.2) is 27.3 Å². The van der Waals surface area contributed by atoms with E-state index in [9.17, 15) is 14.7 Å². The zero-order valence-electron chi connectivity index (χ0n) is 13.3. The van der Waals surface area contributed by atoms with Crippen molar-refractivity contribution in [2.45, 2.75) is 4.90 Å². The number of hydrogen-bond acceptors (Lipinski definition) is 6. The molecule has 0 aliphatic heterocycles. The molecule has 3 rings (SSSR count). The largest absolute Gasteiger partial charge is 0.507 e. The van der Waals surface area contributed by atoms with Crippen LogP contribution < -0.4 is 10.5 Å². The molecule has 0 aliphatic carbocycles. The van der Waals surface area contributed by atoms with Crippen LogP contribution in [0.3, 0.4) is 0 Å². The van der Waals surface area contributed by atoms with Crippen molar-refractivity contribution in [2.24, 2.45) is 0 Å². The first-order valence-electron chi connectivity index (χ1n) is 7.41. The minimum atomic E-state index is -1.21. The summed E-state index contributed by atoms with van der Waals surface area (Å²) in [5.74, 6) is -2.34. The molecule has 8 heteroatoms. The van der Waals surface area contributed by atoms with Crippen LogP contribution in [0.25, 0.3) is 10.8 Å². The fraction of sp³-hybridized carbons (Fsp3) is 0. The van der Waals surface area contributed by atoms with Crippen molar-refractivity contribution in [3.05, 3.63) is 59.7 Å². The Balaban J connectivity index is 1.97. The number of fused-ring (bicyclic) bond motifs is 1. The average Bonchev–Trinajstić information content (AvgIpc) is 2.62. The first kappa shape index (κ1) is 17.4. The van der Waals surface area contributed by atoms with Gasteiger partial charge < -0.3 is 25.8 Å². The number of phenols is 1. The van der Waals surface area contributed by atoms with E-state index in [0.29, 0.717) is 27.0 Å². The summed E-state index contributed by atoms with van der Waals surface area (Å²) in [6.07, 6.45) is 0. The van der Waals surface area contributed by atoms with E-state index < -0.39 is 11.9 Å². The Morgan fingerprint density at radius 1 is 0.962 bits per heavy atom. The third-order valence-electron chi connectivity index (χ3n) is 3.73. The lowest BCUT2D eigenvalue weighted by Gasteiger charge is -2.12. The van der Waals surface area contributed by atoms with Crippen molar-refractivity contribution in [3.8, 4) is 5.75 Å². The number of nitrogens with two attached hydrogens (primary N) is 1. The van der Waals surface area contributed by atoms with Gasteiger partial charge in [0.25, 0.3) is 0 Å². The highest BCUT2D eigenvalue weighted by molar-refractivity contribution is 8.00. The maximum absolute atomic E-state index is 11.2. The molecule has 7 nitrogen and oxygen atoms in total. The van der Waals surface area contributed by atoms with Crippen molar-refractivity contribution in [1.82, 2.24) is 0 Å². The summed E-state index contributed by atoms with van der Waals surface area (Å²) in [6, 6.07) is 12.2. The molecule has 0 fully saturated rings. The number of phenolic OH excluding ortho intramolecular Hbond substituents is 1. The van der Waals surface area contributed by atoms with Gasteiger partial charge in [0.2, 0.25) is 0 Å². The zero-order chi connectivity index (χ0) is 18.8. The van der Waals surface area contributed by atoms with Crippen molar-refractivity contribution in [1.29, 1.82) is 0 Å². The highest BCUT2D eigenvalue weighted by Gasteiger charge is 2.13. The molecule has 0 amide bonds. The Morgan fingerprint density at radius 2 is 1.62 bits per heavy atom. The Labute approximate surface area is 152 Å². The van der Waals surface area contributed by atoms with Gasteiger partial charge in [-0.15, -0.1) is 0 Å². The molecular weight excluding hydrogens is 356 g/mol. The Kier molecular flexibility index (Phi) is 4.59. The van der Waals surface area contributed by atoms with Gasteiger partial charge in [-0.25, -0.2) is 9.59 Å². The number of nitrogens with one attached hydrogen (secondary N) is 1. The van der Waals surface area contributed by atoms with Crippen molar-refractivity contribution in [3.63, 3.8) is 0 Å². The van der Waals surface area contributed by atoms with Gasteiger partial charge in [-0.2, -0.15) is 0 Å². The minimum absolute atomic E-state index is 0.0869. The number of carbonyl (C=O) groups is 2. The van der Waals surface area contributed by atoms with Crippen molar-refractivity contribution in [2.75, 3.05) is 10.5 Å². The monoisotopic (exact) mass is 370 g/mol. The third-order valence-corrected chi connectivity index (χ3v) is 4.52. The Bertz CT molecular complexity index is 1000. The molecule has 0 aromatic heterocycles. The van der Waals surface area contributed by atoms with Crippen LogP contribution in [0.15, 0.2) is 53.4 Å². The summed E-state index contributed by atoms with van der Waals surface area (Å²) < 4.78 is 3.04. The normalized spacial score (nSPS) is 10.6. The summed E-state index contributed by atoms with van der Waals surface area (Å²) in [5, 5.41) is 29.5. The summed E-state index contributed by atoms with van der Waals surface area (Å²) in [7, 11) is 0. The number of benzene rings is 3. The van der Waals surface area contributed by atoms with Crippen molar-refractivity contribution < 1.29 is 24.9 Å². The quantitative estimate of drug-likeness (QED) is 0.261. The lowest BCUT2D eigenvalue weighted by molar-refractivity contribution is 0.0696. The number of carboxylic acids is 2. The second kappa shape index (κ2) is 6.85. The standard InChI is InChI=1S/C18H14N2O5S/c19-13-4-5-15(21)12-2-1-3-14(16(12)13)20-26-11-7-9(17(22)23)6-10(8-11)18(24)25/h1-8,20-21H,19H2,(H,22,23)(H,24,25).